The highest BCUT2D eigenvalue weighted by molar-refractivity contribution is 5.96. The maximum atomic E-state index is 12.9. The molecule has 2 amide bonds. The highest BCUT2D eigenvalue weighted by Crippen LogP contribution is 2.28. The highest BCUT2D eigenvalue weighted by atomic mass is 19.1. The summed E-state index contributed by atoms with van der Waals surface area (Å²) >= 11 is 0. The van der Waals surface area contributed by atoms with Gasteiger partial charge in [-0.1, -0.05) is 12.1 Å². The maximum absolute atomic E-state index is 12.9. The van der Waals surface area contributed by atoms with Crippen molar-refractivity contribution in [3.63, 3.8) is 0 Å². The molecule has 0 saturated carbocycles. The fraction of sp³-hybridized carbons (Fsp3) is 0.348. The Hall–Kier alpha value is -3.62. The fourth-order valence-corrected chi connectivity index (χ4v) is 2.67. The summed E-state index contributed by atoms with van der Waals surface area (Å²) in [6.45, 7) is 5.68. The standard InChI is InChI=1S/C23H27FN2O6/c1-4-30-19-11-8-17(12-20(19)31-5-2)23(29)26-14-21(27)32-15(3)22(28)25-13-16-6-9-18(24)10-7-16/h6-12,15H,4-5,13-14H2,1-3H3,(H,25,28)(H,26,29). The van der Waals surface area contributed by atoms with Crippen LogP contribution < -0.4 is 20.1 Å². The van der Waals surface area contributed by atoms with Gasteiger partial charge < -0.3 is 24.8 Å². The van der Waals surface area contributed by atoms with E-state index < -0.39 is 30.4 Å². The van der Waals surface area contributed by atoms with Gasteiger partial charge in [-0.15, -0.1) is 0 Å². The molecule has 1 unspecified atom stereocenters. The second-order valence-electron chi connectivity index (χ2n) is 6.69. The number of hydrogen-bond donors (Lipinski definition) is 2. The Morgan fingerprint density at radius 2 is 1.59 bits per heavy atom. The van der Waals surface area contributed by atoms with Crippen LogP contribution in [0.1, 0.15) is 36.7 Å². The lowest BCUT2D eigenvalue weighted by molar-refractivity contribution is -0.153. The lowest BCUT2D eigenvalue weighted by Gasteiger charge is -2.14. The lowest BCUT2D eigenvalue weighted by atomic mass is 10.2. The predicted molar refractivity (Wildman–Crippen MR) is 115 cm³/mol. The van der Waals surface area contributed by atoms with Crippen LogP contribution >= 0.6 is 0 Å². The van der Waals surface area contributed by atoms with E-state index in [1.807, 2.05) is 13.8 Å². The molecule has 0 aliphatic rings. The summed E-state index contributed by atoms with van der Waals surface area (Å²) < 4.78 is 28.9. The molecular formula is C23H27FN2O6. The lowest BCUT2D eigenvalue weighted by Crippen LogP contribution is -2.38. The second kappa shape index (κ2) is 12.3. The first-order valence-electron chi connectivity index (χ1n) is 10.2. The Morgan fingerprint density at radius 1 is 0.938 bits per heavy atom. The van der Waals surface area contributed by atoms with Crippen molar-refractivity contribution in [1.82, 2.24) is 10.6 Å². The van der Waals surface area contributed by atoms with E-state index in [1.165, 1.54) is 25.1 Å². The third kappa shape index (κ3) is 7.57. The van der Waals surface area contributed by atoms with Gasteiger partial charge in [0.15, 0.2) is 17.6 Å². The molecule has 8 nitrogen and oxygen atoms in total. The average molecular weight is 446 g/mol. The zero-order valence-corrected chi connectivity index (χ0v) is 18.3. The van der Waals surface area contributed by atoms with Gasteiger partial charge in [-0.3, -0.25) is 14.4 Å². The molecule has 0 radical (unpaired) electrons. The molecule has 0 aliphatic carbocycles. The molecule has 0 heterocycles. The summed E-state index contributed by atoms with van der Waals surface area (Å²) in [6.07, 6.45) is -1.06. The molecule has 0 spiro atoms. The van der Waals surface area contributed by atoms with Crippen LogP contribution in [0.25, 0.3) is 0 Å². The van der Waals surface area contributed by atoms with E-state index in [1.54, 1.807) is 24.3 Å². The van der Waals surface area contributed by atoms with Crippen LogP contribution in [0.5, 0.6) is 11.5 Å². The van der Waals surface area contributed by atoms with Crippen molar-refractivity contribution in [2.45, 2.75) is 33.4 Å². The van der Waals surface area contributed by atoms with Gasteiger partial charge in [-0.2, -0.15) is 0 Å². The van der Waals surface area contributed by atoms with Gasteiger partial charge in [0.05, 0.1) is 13.2 Å². The summed E-state index contributed by atoms with van der Waals surface area (Å²) in [5, 5.41) is 5.05. The van der Waals surface area contributed by atoms with Gasteiger partial charge in [0.25, 0.3) is 11.8 Å². The topological polar surface area (TPSA) is 103 Å². The molecule has 172 valence electrons. The van der Waals surface area contributed by atoms with Gasteiger partial charge in [-0.05, 0) is 56.7 Å². The number of ether oxygens (including phenoxy) is 3. The number of hydrogen-bond acceptors (Lipinski definition) is 6. The second-order valence-corrected chi connectivity index (χ2v) is 6.69. The van der Waals surface area contributed by atoms with E-state index in [4.69, 9.17) is 14.2 Å². The number of benzene rings is 2. The van der Waals surface area contributed by atoms with E-state index in [9.17, 15) is 18.8 Å². The molecule has 0 aromatic heterocycles. The van der Waals surface area contributed by atoms with Gasteiger partial charge in [0.1, 0.15) is 12.4 Å². The molecule has 2 aromatic carbocycles. The third-order valence-corrected chi connectivity index (χ3v) is 4.26. The minimum absolute atomic E-state index is 0.164. The molecule has 1 atom stereocenters. The van der Waals surface area contributed by atoms with Gasteiger partial charge in [0, 0.05) is 12.1 Å². The summed E-state index contributed by atoms with van der Waals surface area (Å²) in [7, 11) is 0. The van der Waals surface area contributed by atoms with Gasteiger partial charge in [0.2, 0.25) is 0 Å². The monoisotopic (exact) mass is 446 g/mol. The van der Waals surface area contributed by atoms with Gasteiger partial charge >= 0.3 is 5.97 Å². The van der Waals surface area contributed by atoms with Crippen LogP contribution in [-0.2, 0) is 20.9 Å². The average Bonchev–Trinajstić information content (AvgIpc) is 2.78. The van der Waals surface area contributed by atoms with Crippen LogP contribution in [0.2, 0.25) is 0 Å². The smallest absolute Gasteiger partial charge is 0.326 e. The highest BCUT2D eigenvalue weighted by Gasteiger charge is 2.19. The van der Waals surface area contributed by atoms with Crippen LogP contribution in [0.15, 0.2) is 42.5 Å². The number of halogens is 1. The molecule has 2 rings (SSSR count). The van der Waals surface area contributed by atoms with E-state index in [2.05, 4.69) is 10.6 Å². The van der Waals surface area contributed by atoms with Crippen molar-refractivity contribution < 1.29 is 33.0 Å². The molecule has 0 bridgehead atoms. The Labute approximate surface area is 186 Å². The first-order chi connectivity index (χ1) is 15.3. The molecule has 32 heavy (non-hydrogen) atoms. The zero-order valence-electron chi connectivity index (χ0n) is 18.3. The van der Waals surface area contributed by atoms with E-state index >= 15 is 0 Å². The summed E-state index contributed by atoms with van der Waals surface area (Å²) in [5.74, 6) is -1.20. The van der Waals surface area contributed by atoms with Crippen molar-refractivity contribution in [3.8, 4) is 11.5 Å². The van der Waals surface area contributed by atoms with Crippen LogP contribution in [0.3, 0.4) is 0 Å². The SMILES string of the molecule is CCOc1ccc(C(=O)NCC(=O)OC(C)C(=O)NCc2ccc(F)cc2)cc1OCC. The first kappa shape index (κ1) is 24.6. The first-order valence-corrected chi connectivity index (χ1v) is 10.2. The van der Waals surface area contributed by atoms with Crippen molar-refractivity contribution in [2.24, 2.45) is 0 Å². The number of carbonyl (C=O) groups excluding carboxylic acids is 3. The predicted octanol–water partition coefficient (Wildman–Crippen LogP) is 2.60. The molecule has 0 saturated heterocycles. The molecule has 2 N–H and O–H groups in total. The number of esters is 1. The molecule has 2 aromatic rings. The van der Waals surface area contributed by atoms with Crippen molar-refractivity contribution in [2.75, 3.05) is 19.8 Å². The number of nitrogens with one attached hydrogen (secondary N) is 2. The summed E-state index contributed by atoms with van der Waals surface area (Å²) in [5.41, 5.74) is 0.988. The fourth-order valence-electron chi connectivity index (χ4n) is 2.67. The summed E-state index contributed by atoms with van der Waals surface area (Å²) in [4.78, 5) is 36.5. The van der Waals surface area contributed by atoms with E-state index in [-0.39, 0.29) is 17.9 Å². The van der Waals surface area contributed by atoms with E-state index in [0.717, 1.165) is 0 Å². The number of rotatable bonds is 11. The Kier molecular flexibility index (Phi) is 9.46. The quantitative estimate of drug-likeness (QED) is 0.515. The third-order valence-electron chi connectivity index (χ3n) is 4.26. The number of carbonyl (C=O) groups is 3. The maximum Gasteiger partial charge on any atom is 0.326 e. The summed E-state index contributed by atoms with van der Waals surface area (Å²) in [6, 6.07) is 10.4. The van der Waals surface area contributed by atoms with Crippen LogP contribution in [0, 0.1) is 5.82 Å². The van der Waals surface area contributed by atoms with Crippen molar-refractivity contribution in [3.05, 3.63) is 59.4 Å². The molecule has 0 fully saturated rings. The normalized spacial score (nSPS) is 11.2. The van der Waals surface area contributed by atoms with Gasteiger partial charge in [-0.25, -0.2) is 4.39 Å². The largest absolute Gasteiger partial charge is 0.490 e. The minimum atomic E-state index is -1.06. The van der Waals surface area contributed by atoms with Crippen molar-refractivity contribution in [1.29, 1.82) is 0 Å². The van der Waals surface area contributed by atoms with Crippen LogP contribution in [0.4, 0.5) is 4.39 Å². The Morgan fingerprint density at radius 3 is 2.25 bits per heavy atom. The van der Waals surface area contributed by atoms with Crippen molar-refractivity contribution >= 4 is 17.8 Å². The Bertz CT molecular complexity index is 933. The van der Waals surface area contributed by atoms with Crippen LogP contribution in [-0.4, -0.2) is 43.6 Å². The minimum Gasteiger partial charge on any atom is -0.490 e. The molecule has 0 aliphatic heterocycles. The molecular weight excluding hydrogens is 419 g/mol. The molecule has 9 heteroatoms. The zero-order chi connectivity index (χ0) is 23.5. The Balaban J connectivity index is 1.82. The number of amides is 2. The van der Waals surface area contributed by atoms with E-state index in [0.29, 0.717) is 30.3 Å².